The van der Waals surface area contributed by atoms with Crippen molar-refractivity contribution in [1.29, 1.82) is 0 Å². The minimum Gasteiger partial charge on any atom is -0.0645 e. The fraction of sp³-hybridized carbons (Fsp3) is 0.926. The van der Waals surface area contributed by atoms with Crippen molar-refractivity contribution in [3.05, 3.63) is 11.1 Å². The number of fused-ring (bicyclic) bond motifs is 6. The zero-order chi connectivity index (χ0) is 19.3. The van der Waals surface area contributed by atoms with E-state index in [0.717, 1.165) is 11.8 Å². The van der Waals surface area contributed by atoms with Crippen LogP contribution in [0.5, 0.6) is 0 Å². The van der Waals surface area contributed by atoms with Gasteiger partial charge in [0.05, 0.1) is 0 Å². The minimum absolute atomic E-state index is 0.491. The highest BCUT2D eigenvalue weighted by molar-refractivity contribution is 5.37. The van der Waals surface area contributed by atoms with Crippen LogP contribution in [0.3, 0.4) is 0 Å². The quantitative estimate of drug-likeness (QED) is 0.377. The molecule has 5 rings (SSSR count). The molecule has 0 spiro atoms. The van der Waals surface area contributed by atoms with Gasteiger partial charge in [0.2, 0.25) is 0 Å². The summed E-state index contributed by atoms with van der Waals surface area (Å²) in [6.45, 7) is 16.0. The van der Waals surface area contributed by atoms with E-state index in [1.54, 1.807) is 0 Å². The Morgan fingerprint density at radius 1 is 0.630 bits per heavy atom. The normalized spacial score (nSPS) is 54.0. The molecule has 0 unspecified atom stereocenters. The fourth-order valence-corrected chi connectivity index (χ4v) is 10.2. The Bertz CT molecular complexity index is 682. The topological polar surface area (TPSA) is 0 Å². The lowest BCUT2D eigenvalue weighted by Gasteiger charge is -2.70. The van der Waals surface area contributed by atoms with Crippen molar-refractivity contribution in [3.8, 4) is 0 Å². The van der Waals surface area contributed by atoms with E-state index >= 15 is 0 Å². The molecule has 0 heteroatoms. The van der Waals surface area contributed by atoms with Gasteiger partial charge in [0.1, 0.15) is 0 Å². The average Bonchev–Trinajstić information content (AvgIpc) is 2.97. The highest BCUT2D eigenvalue weighted by atomic mass is 14.7. The first-order chi connectivity index (χ1) is 12.6. The maximum absolute atomic E-state index is 2.76. The second kappa shape index (κ2) is 5.46. The number of allylic oxidation sites excluding steroid dienone is 2. The van der Waals surface area contributed by atoms with Crippen LogP contribution in [0.1, 0.15) is 119 Å². The fourth-order valence-electron chi connectivity index (χ4n) is 10.2. The Balaban J connectivity index is 1.60. The van der Waals surface area contributed by atoms with Crippen LogP contribution in [0, 0.1) is 38.9 Å². The second-order valence-electron chi connectivity index (χ2n) is 13.2. The molecule has 4 saturated carbocycles. The van der Waals surface area contributed by atoms with Gasteiger partial charge in [-0.05, 0) is 110 Å². The first kappa shape index (κ1) is 18.7. The van der Waals surface area contributed by atoms with E-state index in [1.807, 2.05) is 11.1 Å². The molecule has 27 heavy (non-hydrogen) atoms. The lowest BCUT2D eigenvalue weighted by atomic mass is 9.35. The van der Waals surface area contributed by atoms with Gasteiger partial charge in [0.25, 0.3) is 0 Å². The largest absolute Gasteiger partial charge is 0.0645 e. The number of rotatable bonds is 0. The van der Waals surface area contributed by atoms with Gasteiger partial charge in [-0.25, -0.2) is 0 Å². The lowest BCUT2D eigenvalue weighted by molar-refractivity contribution is -0.179. The molecule has 0 N–H and O–H groups in total. The minimum atomic E-state index is 0.491. The first-order valence-corrected chi connectivity index (χ1v) is 12.3. The van der Waals surface area contributed by atoms with Gasteiger partial charge >= 0.3 is 0 Å². The van der Waals surface area contributed by atoms with E-state index in [1.165, 1.54) is 77.0 Å². The predicted octanol–water partition coefficient (Wildman–Crippen LogP) is 8.32. The van der Waals surface area contributed by atoms with Gasteiger partial charge in [-0.2, -0.15) is 0 Å². The van der Waals surface area contributed by atoms with Crippen LogP contribution < -0.4 is 0 Å². The van der Waals surface area contributed by atoms with Gasteiger partial charge in [0.15, 0.2) is 0 Å². The van der Waals surface area contributed by atoms with Crippen molar-refractivity contribution < 1.29 is 0 Å². The molecule has 5 aliphatic carbocycles. The van der Waals surface area contributed by atoms with Crippen molar-refractivity contribution in [3.63, 3.8) is 0 Å². The smallest absolute Gasteiger partial charge is 0.00566 e. The van der Waals surface area contributed by atoms with Gasteiger partial charge in [-0.1, -0.05) is 59.1 Å². The van der Waals surface area contributed by atoms with Gasteiger partial charge in [0, 0.05) is 0 Å². The highest BCUT2D eigenvalue weighted by Crippen LogP contribution is 2.75. The lowest BCUT2D eigenvalue weighted by Crippen LogP contribution is -2.61. The first-order valence-electron chi connectivity index (χ1n) is 12.3. The van der Waals surface area contributed by atoms with Gasteiger partial charge in [-0.3, -0.25) is 0 Å². The molecular formula is C27H44. The van der Waals surface area contributed by atoms with E-state index in [2.05, 4.69) is 41.5 Å². The zero-order valence-electron chi connectivity index (χ0n) is 19.1. The predicted molar refractivity (Wildman–Crippen MR) is 116 cm³/mol. The summed E-state index contributed by atoms with van der Waals surface area (Å²) in [5.74, 6) is 1.90. The summed E-state index contributed by atoms with van der Waals surface area (Å²) in [6.07, 6.45) is 17.6. The molecule has 0 nitrogen and oxygen atoms in total. The van der Waals surface area contributed by atoms with Crippen LogP contribution in [0.25, 0.3) is 0 Å². The summed E-state index contributed by atoms with van der Waals surface area (Å²) >= 11 is 0. The Hall–Kier alpha value is -0.260. The third kappa shape index (κ3) is 2.17. The SMILES string of the molecule is CC1(C)CCC[C@]2(C)[C@H]3CCC4=C5CCC[C@@]5(C)CC[C@]4(C)[C@]3(C)CC[C@@H]12. The summed E-state index contributed by atoms with van der Waals surface area (Å²) in [5.41, 5.74) is 6.68. The van der Waals surface area contributed by atoms with Gasteiger partial charge < -0.3 is 0 Å². The van der Waals surface area contributed by atoms with E-state index < -0.39 is 0 Å². The molecule has 0 saturated heterocycles. The van der Waals surface area contributed by atoms with Crippen LogP contribution in [-0.2, 0) is 0 Å². The molecule has 0 bridgehead atoms. The van der Waals surface area contributed by atoms with Crippen LogP contribution >= 0.6 is 0 Å². The average molecular weight is 369 g/mol. The Labute approximate surface area is 169 Å². The highest BCUT2D eigenvalue weighted by Gasteiger charge is 2.66. The standard InChI is InChI=1S/C27H44/c1-23(2)13-8-15-25(4)21(23)12-16-27(6)22(25)11-10-20-19-9-7-14-24(19,3)17-18-26(20,27)5/h21-22H,7-18H2,1-6H3/t21-,22+,24-,25-,26-,27+/m0/s1. The molecular weight excluding hydrogens is 324 g/mol. The molecule has 6 atom stereocenters. The molecule has 0 aromatic rings. The van der Waals surface area contributed by atoms with Crippen molar-refractivity contribution in [1.82, 2.24) is 0 Å². The molecule has 0 aromatic carbocycles. The van der Waals surface area contributed by atoms with Crippen molar-refractivity contribution >= 4 is 0 Å². The summed E-state index contributed by atoms with van der Waals surface area (Å²) in [7, 11) is 0. The zero-order valence-corrected chi connectivity index (χ0v) is 19.1. The maximum atomic E-state index is 2.76. The Morgan fingerprint density at radius 2 is 1.41 bits per heavy atom. The van der Waals surface area contributed by atoms with Crippen molar-refractivity contribution in [2.24, 2.45) is 38.9 Å². The van der Waals surface area contributed by atoms with Crippen LogP contribution in [-0.4, -0.2) is 0 Å². The van der Waals surface area contributed by atoms with Crippen molar-refractivity contribution in [2.45, 2.75) is 119 Å². The molecule has 0 aromatic heterocycles. The molecule has 0 radical (unpaired) electrons. The second-order valence-corrected chi connectivity index (χ2v) is 13.2. The number of hydrogen-bond acceptors (Lipinski definition) is 0. The van der Waals surface area contributed by atoms with Gasteiger partial charge in [-0.15, -0.1) is 0 Å². The monoisotopic (exact) mass is 368 g/mol. The molecule has 0 aliphatic heterocycles. The third-order valence-electron chi connectivity index (χ3n) is 11.8. The van der Waals surface area contributed by atoms with Crippen LogP contribution in [0.4, 0.5) is 0 Å². The molecule has 152 valence electrons. The molecule has 0 amide bonds. The molecule has 0 heterocycles. The van der Waals surface area contributed by atoms with Crippen LogP contribution in [0.15, 0.2) is 11.1 Å². The summed E-state index contributed by atoms with van der Waals surface area (Å²) in [4.78, 5) is 0. The van der Waals surface area contributed by atoms with Crippen molar-refractivity contribution in [2.75, 3.05) is 0 Å². The summed E-state index contributed by atoms with van der Waals surface area (Å²) < 4.78 is 0. The summed E-state index contributed by atoms with van der Waals surface area (Å²) in [5, 5.41) is 0. The Kier molecular flexibility index (Phi) is 3.79. The number of hydrogen-bond donors (Lipinski definition) is 0. The Morgan fingerprint density at radius 3 is 2.19 bits per heavy atom. The van der Waals surface area contributed by atoms with E-state index in [4.69, 9.17) is 0 Å². The third-order valence-corrected chi connectivity index (χ3v) is 11.8. The van der Waals surface area contributed by atoms with E-state index in [9.17, 15) is 0 Å². The van der Waals surface area contributed by atoms with Crippen LogP contribution in [0.2, 0.25) is 0 Å². The maximum Gasteiger partial charge on any atom is -0.00566 e. The molecule has 5 aliphatic rings. The van der Waals surface area contributed by atoms with E-state index in [0.29, 0.717) is 27.1 Å². The van der Waals surface area contributed by atoms with E-state index in [-0.39, 0.29) is 0 Å². The molecule has 4 fully saturated rings. The summed E-state index contributed by atoms with van der Waals surface area (Å²) in [6, 6.07) is 0.